The standard InChI is InChI=1S/C17H19Cl2N5O/c1-2-23-8-10-24(11-9-23)16(25)14-6-7-20-17(22-14)21-13-5-3-4-12(18)15(13)19/h3-7H,2,8-11H2,1H3,(H,20,21,22). The van der Waals surface area contributed by atoms with Crippen LogP contribution < -0.4 is 5.32 Å². The Bertz CT molecular complexity index is 762. The normalized spacial score (nSPS) is 15.2. The molecule has 0 unspecified atom stereocenters. The highest BCUT2D eigenvalue weighted by atomic mass is 35.5. The van der Waals surface area contributed by atoms with Crippen molar-refractivity contribution in [3.8, 4) is 0 Å². The molecule has 1 aliphatic rings. The Morgan fingerprint density at radius 3 is 2.68 bits per heavy atom. The minimum Gasteiger partial charge on any atom is -0.335 e. The Labute approximate surface area is 156 Å². The summed E-state index contributed by atoms with van der Waals surface area (Å²) in [5, 5.41) is 3.84. The first-order valence-corrected chi connectivity index (χ1v) is 8.89. The molecule has 1 aromatic heterocycles. The smallest absolute Gasteiger partial charge is 0.272 e. The van der Waals surface area contributed by atoms with E-state index in [0.717, 1.165) is 19.6 Å². The zero-order valence-electron chi connectivity index (χ0n) is 13.9. The molecule has 1 saturated heterocycles. The molecule has 0 atom stereocenters. The van der Waals surface area contributed by atoms with Gasteiger partial charge in [-0.1, -0.05) is 36.2 Å². The van der Waals surface area contributed by atoms with Crippen LogP contribution in [0.2, 0.25) is 10.0 Å². The molecule has 0 bridgehead atoms. The van der Waals surface area contributed by atoms with Gasteiger partial charge < -0.3 is 15.1 Å². The molecule has 2 heterocycles. The number of hydrogen-bond acceptors (Lipinski definition) is 5. The van der Waals surface area contributed by atoms with E-state index in [9.17, 15) is 4.79 Å². The van der Waals surface area contributed by atoms with Crippen LogP contribution in [0, 0.1) is 0 Å². The van der Waals surface area contributed by atoms with Crippen LogP contribution in [-0.2, 0) is 0 Å². The van der Waals surface area contributed by atoms with Gasteiger partial charge in [-0.2, -0.15) is 0 Å². The maximum absolute atomic E-state index is 12.7. The predicted molar refractivity (Wildman–Crippen MR) is 99.8 cm³/mol. The van der Waals surface area contributed by atoms with E-state index in [-0.39, 0.29) is 5.91 Å². The molecule has 25 heavy (non-hydrogen) atoms. The van der Waals surface area contributed by atoms with Gasteiger partial charge in [-0.05, 0) is 24.7 Å². The van der Waals surface area contributed by atoms with Crippen LogP contribution >= 0.6 is 23.2 Å². The van der Waals surface area contributed by atoms with Gasteiger partial charge in [0.05, 0.1) is 15.7 Å². The second kappa shape index (κ2) is 7.99. The van der Waals surface area contributed by atoms with Crippen molar-refractivity contribution in [3.05, 3.63) is 46.2 Å². The van der Waals surface area contributed by atoms with Crippen molar-refractivity contribution in [3.63, 3.8) is 0 Å². The van der Waals surface area contributed by atoms with E-state index < -0.39 is 0 Å². The van der Waals surface area contributed by atoms with Crippen molar-refractivity contribution in [1.82, 2.24) is 19.8 Å². The van der Waals surface area contributed by atoms with Gasteiger partial charge >= 0.3 is 0 Å². The fourth-order valence-corrected chi connectivity index (χ4v) is 3.04. The molecule has 8 heteroatoms. The van der Waals surface area contributed by atoms with Crippen LogP contribution in [0.1, 0.15) is 17.4 Å². The molecule has 0 spiro atoms. The van der Waals surface area contributed by atoms with E-state index in [1.165, 1.54) is 0 Å². The summed E-state index contributed by atoms with van der Waals surface area (Å²) >= 11 is 12.2. The van der Waals surface area contributed by atoms with Crippen molar-refractivity contribution in [2.75, 3.05) is 38.0 Å². The fraction of sp³-hybridized carbons (Fsp3) is 0.353. The molecule has 1 fully saturated rings. The highest BCUT2D eigenvalue weighted by Gasteiger charge is 2.22. The van der Waals surface area contributed by atoms with Gasteiger partial charge in [0.1, 0.15) is 5.69 Å². The van der Waals surface area contributed by atoms with Crippen molar-refractivity contribution < 1.29 is 4.79 Å². The number of anilines is 2. The van der Waals surface area contributed by atoms with E-state index in [2.05, 4.69) is 27.1 Å². The van der Waals surface area contributed by atoms with E-state index >= 15 is 0 Å². The van der Waals surface area contributed by atoms with Gasteiger partial charge in [0, 0.05) is 32.4 Å². The average molecular weight is 380 g/mol. The van der Waals surface area contributed by atoms with Crippen molar-refractivity contribution in [2.24, 2.45) is 0 Å². The van der Waals surface area contributed by atoms with Crippen LogP contribution in [0.4, 0.5) is 11.6 Å². The summed E-state index contributed by atoms with van der Waals surface area (Å²) < 4.78 is 0. The topological polar surface area (TPSA) is 61.4 Å². The number of hydrogen-bond donors (Lipinski definition) is 1. The summed E-state index contributed by atoms with van der Waals surface area (Å²) in [7, 11) is 0. The number of rotatable bonds is 4. The van der Waals surface area contributed by atoms with E-state index in [4.69, 9.17) is 23.2 Å². The summed E-state index contributed by atoms with van der Waals surface area (Å²) in [6, 6.07) is 6.87. The van der Waals surface area contributed by atoms with Gasteiger partial charge in [-0.3, -0.25) is 4.79 Å². The minimum atomic E-state index is -0.0848. The number of piperazine rings is 1. The maximum atomic E-state index is 12.7. The van der Waals surface area contributed by atoms with Crippen LogP contribution in [0.5, 0.6) is 0 Å². The Kier molecular flexibility index (Phi) is 5.73. The summed E-state index contributed by atoms with van der Waals surface area (Å²) in [5.41, 5.74) is 0.955. The van der Waals surface area contributed by atoms with Crippen LogP contribution in [0.15, 0.2) is 30.5 Å². The minimum absolute atomic E-state index is 0.0848. The zero-order valence-corrected chi connectivity index (χ0v) is 15.4. The molecule has 0 radical (unpaired) electrons. The molecule has 0 saturated carbocycles. The Hall–Kier alpha value is -1.89. The first-order chi connectivity index (χ1) is 12.1. The number of benzene rings is 1. The molecule has 0 aliphatic carbocycles. The third-order valence-corrected chi connectivity index (χ3v) is 5.00. The zero-order chi connectivity index (χ0) is 17.8. The fourth-order valence-electron chi connectivity index (χ4n) is 2.69. The molecule has 2 aromatic rings. The number of amides is 1. The molecular weight excluding hydrogens is 361 g/mol. The molecule has 132 valence electrons. The highest BCUT2D eigenvalue weighted by molar-refractivity contribution is 6.43. The molecule has 1 N–H and O–H groups in total. The Balaban J connectivity index is 1.73. The van der Waals surface area contributed by atoms with Crippen molar-refractivity contribution >= 4 is 40.7 Å². The lowest BCUT2D eigenvalue weighted by molar-refractivity contribution is 0.0637. The van der Waals surface area contributed by atoms with E-state index in [1.807, 2.05) is 4.90 Å². The predicted octanol–water partition coefficient (Wildman–Crippen LogP) is 3.30. The molecule has 3 rings (SSSR count). The number of carbonyl (C=O) groups is 1. The van der Waals surface area contributed by atoms with Gasteiger partial charge in [-0.15, -0.1) is 0 Å². The molecule has 1 aromatic carbocycles. The number of aromatic nitrogens is 2. The van der Waals surface area contributed by atoms with Gasteiger partial charge in [0.15, 0.2) is 0 Å². The Morgan fingerprint density at radius 2 is 1.96 bits per heavy atom. The molecule has 6 nitrogen and oxygen atoms in total. The first kappa shape index (κ1) is 17.9. The number of nitrogens with one attached hydrogen (secondary N) is 1. The van der Waals surface area contributed by atoms with Crippen LogP contribution in [0.25, 0.3) is 0 Å². The second-order valence-electron chi connectivity index (χ2n) is 5.72. The van der Waals surface area contributed by atoms with Gasteiger partial charge in [0.2, 0.25) is 5.95 Å². The summed E-state index contributed by atoms with van der Waals surface area (Å²) in [6.45, 7) is 6.32. The maximum Gasteiger partial charge on any atom is 0.272 e. The SMILES string of the molecule is CCN1CCN(C(=O)c2ccnc(Nc3cccc(Cl)c3Cl)n2)CC1. The van der Waals surface area contributed by atoms with Crippen molar-refractivity contribution in [1.29, 1.82) is 0 Å². The number of likely N-dealkylation sites (N-methyl/N-ethyl adjacent to an activating group) is 1. The van der Waals surface area contributed by atoms with E-state index in [0.29, 0.717) is 40.5 Å². The lowest BCUT2D eigenvalue weighted by Gasteiger charge is -2.33. The summed E-state index contributed by atoms with van der Waals surface area (Å²) in [6.07, 6.45) is 1.56. The lowest BCUT2D eigenvalue weighted by Crippen LogP contribution is -2.48. The molecule has 1 aliphatic heterocycles. The van der Waals surface area contributed by atoms with Crippen LogP contribution in [0.3, 0.4) is 0 Å². The number of nitrogens with zero attached hydrogens (tertiary/aromatic N) is 4. The number of carbonyl (C=O) groups excluding carboxylic acids is 1. The lowest BCUT2D eigenvalue weighted by atomic mass is 10.2. The molecular formula is C17H19Cl2N5O. The van der Waals surface area contributed by atoms with Crippen LogP contribution in [-0.4, -0.2) is 58.4 Å². The Morgan fingerprint density at radius 1 is 1.20 bits per heavy atom. The second-order valence-corrected chi connectivity index (χ2v) is 6.50. The van der Waals surface area contributed by atoms with Crippen molar-refractivity contribution in [2.45, 2.75) is 6.92 Å². The number of halogens is 2. The summed E-state index contributed by atoms with van der Waals surface area (Å²) in [4.78, 5) is 25.3. The third kappa shape index (κ3) is 4.21. The first-order valence-electron chi connectivity index (χ1n) is 8.14. The van der Waals surface area contributed by atoms with Gasteiger partial charge in [-0.25, -0.2) is 9.97 Å². The van der Waals surface area contributed by atoms with E-state index in [1.54, 1.807) is 30.5 Å². The largest absolute Gasteiger partial charge is 0.335 e. The average Bonchev–Trinajstić information content (AvgIpc) is 2.65. The third-order valence-electron chi connectivity index (χ3n) is 4.18. The molecule has 1 amide bonds. The highest BCUT2D eigenvalue weighted by Crippen LogP contribution is 2.30. The summed E-state index contributed by atoms with van der Waals surface area (Å²) in [5.74, 6) is 0.223. The monoisotopic (exact) mass is 379 g/mol. The van der Waals surface area contributed by atoms with Gasteiger partial charge in [0.25, 0.3) is 5.91 Å². The quantitative estimate of drug-likeness (QED) is 0.882.